The Morgan fingerprint density at radius 1 is 1.43 bits per heavy atom. The third-order valence-electron chi connectivity index (χ3n) is 3.29. The van der Waals surface area contributed by atoms with Crippen molar-refractivity contribution in [2.75, 3.05) is 17.3 Å². The van der Waals surface area contributed by atoms with Gasteiger partial charge in [-0.1, -0.05) is 0 Å². The zero-order valence-corrected chi connectivity index (χ0v) is 11.3. The fraction of sp³-hybridized carbons (Fsp3) is 0.250. The standard InChI is InChI=1S/C12H12FN5O3/c1-16-5-9-15-17(2)12(21)18(9)8-4-6(13)3-7(10(8)16)14-11(19)20/h3-4,14H,5H2,1-2H3,(H,19,20). The molecule has 1 aliphatic heterocycles. The van der Waals surface area contributed by atoms with Crippen LogP contribution in [0, 0.1) is 5.82 Å². The van der Waals surface area contributed by atoms with Gasteiger partial charge in [-0.3, -0.25) is 5.32 Å². The lowest BCUT2D eigenvalue weighted by Gasteiger charge is -2.29. The molecule has 0 atom stereocenters. The summed E-state index contributed by atoms with van der Waals surface area (Å²) in [5.74, 6) is -0.182. The number of amides is 1. The van der Waals surface area contributed by atoms with Crippen molar-refractivity contribution < 1.29 is 14.3 Å². The maximum atomic E-state index is 13.8. The minimum Gasteiger partial charge on any atom is -0.465 e. The van der Waals surface area contributed by atoms with Crippen molar-refractivity contribution in [3.8, 4) is 5.69 Å². The number of nitrogens with zero attached hydrogens (tertiary/aromatic N) is 4. The molecule has 0 saturated heterocycles. The lowest BCUT2D eigenvalue weighted by atomic mass is 10.1. The average molecular weight is 293 g/mol. The second-order valence-corrected chi connectivity index (χ2v) is 4.77. The Morgan fingerprint density at radius 2 is 2.14 bits per heavy atom. The molecule has 1 aliphatic rings. The molecule has 0 aliphatic carbocycles. The molecule has 0 spiro atoms. The molecule has 0 unspecified atom stereocenters. The molecule has 1 aromatic heterocycles. The van der Waals surface area contributed by atoms with E-state index < -0.39 is 17.6 Å². The van der Waals surface area contributed by atoms with Gasteiger partial charge in [0.1, 0.15) is 5.82 Å². The minimum atomic E-state index is -1.31. The van der Waals surface area contributed by atoms with E-state index in [-0.39, 0.29) is 11.4 Å². The number of halogens is 1. The Labute approximate surface area is 118 Å². The molecule has 0 bridgehead atoms. The van der Waals surface area contributed by atoms with E-state index in [4.69, 9.17) is 5.11 Å². The summed E-state index contributed by atoms with van der Waals surface area (Å²) in [5.41, 5.74) is 0.370. The molecule has 2 heterocycles. The number of anilines is 2. The number of aromatic nitrogens is 3. The normalized spacial score (nSPS) is 12.8. The molecule has 8 nitrogen and oxygen atoms in total. The molecular weight excluding hydrogens is 281 g/mol. The van der Waals surface area contributed by atoms with Crippen LogP contribution in [0.25, 0.3) is 5.69 Å². The van der Waals surface area contributed by atoms with Crippen LogP contribution in [0.3, 0.4) is 0 Å². The Kier molecular flexibility index (Phi) is 2.71. The maximum absolute atomic E-state index is 13.8. The highest BCUT2D eigenvalue weighted by Crippen LogP contribution is 2.36. The van der Waals surface area contributed by atoms with Gasteiger partial charge in [-0.15, -0.1) is 0 Å². The van der Waals surface area contributed by atoms with Crippen LogP contribution in [0.1, 0.15) is 5.82 Å². The van der Waals surface area contributed by atoms with Crippen molar-refractivity contribution in [1.82, 2.24) is 14.3 Å². The molecule has 1 amide bonds. The topological polar surface area (TPSA) is 92.4 Å². The van der Waals surface area contributed by atoms with Gasteiger partial charge in [0.25, 0.3) is 0 Å². The van der Waals surface area contributed by atoms with E-state index in [1.807, 2.05) is 0 Å². The summed E-state index contributed by atoms with van der Waals surface area (Å²) in [5, 5.41) is 15.1. The summed E-state index contributed by atoms with van der Waals surface area (Å²) in [4.78, 5) is 24.7. The van der Waals surface area contributed by atoms with Crippen LogP contribution in [0.4, 0.5) is 20.6 Å². The predicted molar refractivity (Wildman–Crippen MR) is 72.5 cm³/mol. The lowest BCUT2D eigenvalue weighted by molar-refractivity contribution is 0.210. The van der Waals surface area contributed by atoms with Gasteiger partial charge in [0.05, 0.1) is 23.6 Å². The van der Waals surface area contributed by atoms with Crippen molar-refractivity contribution in [3.63, 3.8) is 0 Å². The third kappa shape index (κ3) is 1.93. The largest absolute Gasteiger partial charge is 0.465 e. The summed E-state index contributed by atoms with van der Waals surface area (Å²) >= 11 is 0. The second-order valence-electron chi connectivity index (χ2n) is 4.77. The zero-order valence-electron chi connectivity index (χ0n) is 11.3. The summed E-state index contributed by atoms with van der Waals surface area (Å²) < 4.78 is 16.2. The van der Waals surface area contributed by atoms with E-state index in [9.17, 15) is 14.0 Å². The number of benzene rings is 1. The number of fused-ring (bicyclic) bond motifs is 3. The molecule has 21 heavy (non-hydrogen) atoms. The first-order valence-electron chi connectivity index (χ1n) is 6.08. The Bertz CT molecular complexity index is 810. The van der Waals surface area contributed by atoms with Crippen molar-refractivity contribution in [1.29, 1.82) is 0 Å². The van der Waals surface area contributed by atoms with Crippen molar-refractivity contribution in [2.45, 2.75) is 6.54 Å². The molecule has 0 radical (unpaired) electrons. The van der Waals surface area contributed by atoms with Gasteiger partial charge in [0.15, 0.2) is 5.82 Å². The van der Waals surface area contributed by atoms with E-state index in [2.05, 4.69) is 10.4 Å². The molecule has 110 valence electrons. The lowest BCUT2D eigenvalue weighted by Crippen LogP contribution is -2.31. The number of nitrogens with one attached hydrogen (secondary N) is 1. The van der Waals surface area contributed by atoms with Gasteiger partial charge in [-0.25, -0.2) is 23.2 Å². The molecule has 2 aromatic rings. The number of hydrogen-bond donors (Lipinski definition) is 2. The number of carbonyl (C=O) groups is 1. The molecular formula is C12H12FN5O3. The Morgan fingerprint density at radius 3 is 2.81 bits per heavy atom. The summed E-state index contributed by atoms with van der Waals surface area (Å²) in [6.07, 6.45) is -1.31. The summed E-state index contributed by atoms with van der Waals surface area (Å²) in [6.45, 7) is 0.309. The second kappa shape index (κ2) is 4.33. The molecule has 0 saturated carbocycles. The highest BCUT2D eigenvalue weighted by molar-refractivity contribution is 5.91. The Hall–Kier alpha value is -2.84. The minimum absolute atomic E-state index is 0.0846. The van der Waals surface area contributed by atoms with Crippen LogP contribution in [-0.2, 0) is 13.6 Å². The first kappa shape index (κ1) is 13.2. The van der Waals surface area contributed by atoms with E-state index in [0.29, 0.717) is 18.1 Å². The third-order valence-corrected chi connectivity index (χ3v) is 3.29. The van der Waals surface area contributed by atoms with Gasteiger partial charge < -0.3 is 10.0 Å². The average Bonchev–Trinajstić information content (AvgIpc) is 2.63. The number of aryl methyl sites for hydroxylation is 1. The number of hydrogen-bond acceptors (Lipinski definition) is 4. The van der Waals surface area contributed by atoms with Crippen molar-refractivity contribution in [3.05, 3.63) is 34.3 Å². The van der Waals surface area contributed by atoms with Crippen molar-refractivity contribution in [2.24, 2.45) is 7.05 Å². The van der Waals surface area contributed by atoms with Crippen LogP contribution < -0.4 is 15.9 Å². The predicted octanol–water partition coefficient (Wildman–Crippen LogP) is 0.750. The van der Waals surface area contributed by atoms with Crippen LogP contribution in [0.15, 0.2) is 16.9 Å². The fourth-order valence-corrected chi connectivity index (χ4v) is 2.52. The maximum Gasteiger partial charge on any atom is 0.409 e. The van der Waals surface area contributed by atoms with Gasteiger partial charge in [0.2, 0.25) is 0 Å². The first-order chi connectivity index (χ1) is 9.88. The highest BCUT2D eigenvalue weighted by atomic mass is 19.1. The van der Waals surface area contributed by atoms with Crippen molar-refractivity contribution >= 4 is 17.5 Å². The van der Waals surface area contributed by atoms with Crippen LogP contribution in [-0.4, -0.2) is 32.6 Å². The summed E-state index contributed by atoms with van der Waals surface area (Å²) in [7, 11) is 3.22. The molecule has 3 rings (SSSR count). The van der Waals surface area contributed by atoms with E-state index in [1.165, 1.54) is 17.7 Å². The van der Waals surface area contributed by atoms with E-state index in [0.717, 1.165) is 10.7 Å². The van der Waals surface area contributed by atoms with E-state index in [1.54, 1.807) is 11.9 Å². The molecule has 1 aromatic carbocycles. The van der Waals surface area contributed by atoms with Crippen LogP contribution >= 0.6 is 0 Å². The van der Waals surface area contributed by atoms with Gasteiger partial charge in [-0.05, 0) is 6.07 Å². The van der Waals surface area contributed by atoms with Gasteiger partial charge in [-0.2, -0.15) is 5.10 Å². The van der Waals surface area contributed by atoms with Gasteiger partial charge in [0, 0.05) is 20.2 Å². The monoisotopic (exact) mass is 293 g/mol. The first-order valence-corrected chi connectivity index (χ1v) is 6.08. The summed E-state index contributed by atoms with van der Waals surface area (Å²) in [6, 6.07) is 2.26. The van der Waals surface area contributed by atoms with Crippen LogP contribution in [0.5, 0.6) is 0 Å². The Balaban J connectivity index is 2.32. The number of carboxylic acid groups (broad SMARTS) is 1. The number of rotatable bonds is 1. The van der Waals surface area contributed by atoms with Crippen LogP contribution in [0.2, 0.25) is 0 Å². The molecule has 0 fully saturated rings. The quantitative estimate of drug-likeness (QED) is 0.809. The zero-order chi connectivity index (χ0) is 15.3. The molecule has 9 heteroatoms. The SMILES string of the molecule is CN1Cc2nn(C)c(=O)n2-c2cc(F)cc(NC(=O)O)c21. The molecule has 2 N–H and O–H groups in total. The van der Waals surface area contributed by atoms with E-state index >= 15 is 0 Å². The highest BCUT2D eigenvalue weighted by Gasteiger charge is 2.27. The van der Waals surface area contributed by atoms with Gasteiger partial charge >= 0.3 is 11.8 Å². The fourth-order valence-electron chi connectivity index (χ4n) is 2.52. The smallest absolute Gasteiger partial charge is 0.409 e.